The zero-order valence-corrected chi connectivity index (χ0v) is 13.3. The lowest BCUT2D eigenvalue weighted by atomic mass is 9.93. The molecule has 92 valence electrons. The van der Waals surface area contributed by atoms with Gasteiger partial charge in [0.2, 0.25) is 0 Å². The molecule has 0 nitrogen and oxygen atoms in total. The molecule has 0 aromatic heterocycles. The van der Waals surface area contributed by atoms with Crippen LogP contribution in [-0.4, -0.2) is 5.27 Å². The summed E-state index contributed by atoms with van der Waals surface area (Å²) < 4.78 is 0. The Hall–Kier alpha value is 0.135. The fourth-order valence-electron chi connectivity index (χ4n) is 1.43. The van der Waals surface area contributed by atoms with Crippen molar-refractivity contribution in [2.24, 2.45) is 0 Å². The van der Waals surface area contributed by atoms with Gasteiger partial charge < -0.3 is 0 Å². The average molecular weight is 331 g/mol. The van der Waals surface area contributed by atoms with Crippen LogP contribution in [0.4, 0.5) is 0 Å². The van der Waals surface area contributed by atoms with Crippen LogP contribution in [0.5, 0.6) is 0 Å². The maximum absolute atomic E-state index is 5.97. The molecule has 0 fully saturated rings. The van der Waals surface area contributed by atoms with Gasteiger partial charge in [-0.2, -0.15) is 0 Å². The van der Waals surface area contributed by atoms with E-state index >= 15 is 0 Å². The zero-order chi connectivity index (χ0) is 13.1. The molecule has 0 heterocycles. The van der Waals surface area contributed by atoms with Crippen LogP contribution in [0.25, 0.3) is 0 Å². The first-order valence-electron chi connectivity index (χ1n) is 5.14. The Morgan fingerprint density at radius 2 is 1.39 bits per heavy atom. The van der Waals surface area contributed by atoms with Crippen molar-refractivity contribution in [1.29, 1.82) is 0 Å². The highest BCUT2D eigenvalue weighted by molar-refractivity contribution is 8.42. The summed E-state index contributed by atoms with van der Waals surface area (Å²) in [5.41, 5.74) is 1.08. The molecule has 2 aromatic rings. The maximum Gasteiger partial charge on any atom is 0.301 e. The molecule has 0 atom stereocenters. The number of hydrogen-bond acceptors (Lipinski definition) is 3. The quantitative estimate of drug-likeness (QED) is 0.607. The van der Waals surface area contributed by atoms with Crippen molar-refractivity contribution in [1.82, 2.24) is 0 Å². The van der Waals surface area contributed by atoms with Gasteiger partial charge in [0.05, 0.1) is 0 Å². The van der Waals surface area contributed by atoms with Crippen molar-refractivity contribution in [3.63, 3.8) is 0 Å². The Balaban J connectivity index is 2.18. The molecule has 6 heteroatoms. The van der Waals surface area contributed by atoms with E-state index in [1.54, 1.807) is 17.8 Å². The van der Waals surface area contributed by atoms with Crippen LogP contribution in [0.1, 0.15) is 0 Å². The Bertz CT molecular complexity index is 523. The number of hydrogen-bond donors (Lipinski definition) is 2. The van der Waals surface area contributed by atoms with Crippen molar-refractivity contribution < 1.29 is 0 Å². The Kier molecular flexibility index (Phi) is 5.28. The number of rotatable bonds is 3. The second kappa shape index (κ2) is 6.53. The lowest BCUT2D eigenvalue weighted by Gasteiger charge is -2.05. The minimum Gasteiger partial charge on any atom is -0.208 e. The van der Waals surface area contributed by atoms with Gasteiger partial charge in [0.25, 0.3) is 0 Å². The molecule has 18 heavy (non-hydrogen) atoms. The first kappa shape index (κ1) is 14.5. The number of halogens is 2. The van der Waals surface area contributed by atoms with Crippen LogP contribution in [0, 0.1) is 0 Å². The number of benzene rings is 2. The maximum atomic E-state index is 5.97. The van der Waals surface area contributed by atoms with Crippen LogP contribution in [-0.2, 0) is 0 Å². The third-order valence-electron chi connectivity index (χ3n) is 2.25. The van der Waals surface area contributed by atoms with Gasteiger partial charge in [0.1, 0.15) is 0 Å². The van der Waals surface area contributed by atoms with Gasteiger partial charge in [-0.1, -0.05) is 52.6 Å². The molecule has 0 spiro atoms. The molecule has 0 aliphatic carbocycles. The normalized spacial score (nSPS) is 10.4. The molecule has 0 aliphatic rings. The SMILES string of the molecule is SB(S)c1ccc(Sc2cc(Cl)cc(Cl)c2)cc1. The molecule has 0 amide bonds. The first-order valence-corrected chi connectivity index (χ1v) is 7.75. The summed E-state index contributed by atoms with van der Waals surface area (Å²) in [7, 11) is 0. The molecule has 0 saturated heterocycles. The fraction of sp³-hybridized carbons (Fsp3) is 0. The highest BCUT2D eigenvalue weighted by atomic mass is 35.5. The van der Waals surface area contributed by atoms with E-state index < -0.39 is 0 Å². The van der Waals surface area contributed by atoms with E-state index in [-0.39, 0.29) is 5.27 Å². The van der Waals surface area contributed by atoms with E-state index in [4.69, 9.17) is 23.2 Å². The Labute approximate surface area is 132 Å². The van der Waals surface area contributed by atoms with Crippen LogP contribution >= 0.6 is 59.9 Å². The monoisotopic (exact) mass is 330 g/mol. The largest absolute Gasteiger partial charge is 0.301 e. The van der Waals surface area contributed by atoms with Crippen LogP contribution in [0.3, 0.4) is 0 Å². The molecule has 2 aromatic carbocycles. The highest BCUT2D eigenvalue weighted by Gasteiger charge is 2.06. The van der Waals surface area contributed by atoms with E-state index in [9.17, 15) is 0 Å². The van der Waals surface area contributed by atoms with Crippen LogP contribution < -0.4 is 5.46 Å². The second-order valence-electron chi connectivity index (χ2n) is 3.65. The van der Waals surface area contributed by atoms with Gasteiger partial charge in [-0.25, -0.2) is 25.0 Å². The van der Waals surface area contributed by atoms with E-state index in [1.165, 1.54) is 0 Å². The summed E-state index contributed by atoms with van der Waals surface area (Å²) in [6.45, 7) is 0. The van der Waals surface area contributed by atoms with Gasteiger partial charge >= 0.3 is 5.27 Å². The van der Waals surface area contributed by atoms with Crippen molar-refractivity contribution in [3.8, 4) is 0 Å². The molecule has 0 aliphatic heterocycles. The van der Waals surface area contributed by atoms with Crippen molar-refractivity contribution in [3.05, 3.63) is 52.5 Å². The van der Waals surface area contributed by atoms with E-state index in [2.05, 4.69) is 25.0 Å². The van der Waals surface area contributed by atoms with Crippen molar-refractivity contribution in [2.45, 2.75) is 9.79 Å². The van der Waals surface area contributed by atoms with E-state index in [1.807, 2.05) is 36.4 Å². The van der Waals surface area contributed by atoms with E-state index in [0.717, 1.165) is 15.3 Å². The molecule has 0 N–H and O–H groups in total. The topological polar surface area (TPSA) is 0 Å². The molecular weight excluding hydrogens is 322 g/mol. The molecule has 0 radical (unpaired) electrons. The minimum absolute atomic E-state index is 0.0512. The standard InChI is InChI=1S/C12H9BCl2S3/c14-9-5-10(15)7-12(6-9)18-11-3-1-8(2-4-11)13(16)17/h1-7,16-17H. The highest BCUT2D eigenvalue weighted by Crippen LogP contribution is 2.31. The van der Waals surface area contributed by atoms with Gasteiger partial charge in [0, 0.05) is 19.8 Å². The average Bonchev–Trinajstić information content (AvgIpc) is 2.28. The molecule has 0 bridgehead atoms. The zero-order valence-electron chi connectivity index (χ0n) is 9.18. The lowest BCUT2D eigenvalue weighted by Crippen LogP contribution is -2.17. The van der Waals surface area contributed by atoms with Crippen molar-refractivity contribution >= 4 is 70.7 Å². The smallest absolute Gasteiger partial charge is 0.208 e. The molecule has 2 rings (SSSR count). The van der Waals surface area contributed by atoms with Crippen LogP contribution in [0.15, 0.2) is 52.3 Å². The predicted octanol–water partition coefficient (Wildman–Crippen LogP) is 4.70. The van der Waals surface area contributed by atoms with Crippen molar-refractivity contribution in [2.75, 3.05) is 0 Å². The molecule has 0 unspecified atom stereocenters. The van der Waals surface area contributed by atoms with Gasteiger partial charge in [-0.3, -0.25) is 0 Å². The number of thiol groups is 2. The summed E-state index contributed by atoms with van der Waals surface area (Å²) in [5, 5.41) is 1.24. The summed E-state index contributed by atoms with van der Waals surface area (Å²) in [6.07, 6.45) is 0. The third-order valence-corrected chi connectivity index (χ3v) is 4.26. The summed E-state index contributed by atoms with van der Waals surface area (Å²) >= 11 is 22.1. The fourth-order valence-corrected chi connectivity index (χ4v) is 3.35. The molecule has 0 saturated carbocycles. The minimum atomic E-state index is -0.0512. The summed E-state index contributed by atoms with van der Waals surface area (Å²) in [4.78, 5) is 2.15. The summed E-state index contributed by atoms with van der Waals surface area (Å²) in [6, 6.07) is 13.6. The Morgan fingerprint density at radius 1 is 0.833 bits per heavy atom. The van der Waals surface area contributed by atoms with Gasteiger partial charge in [0.15, 0.2) is 0 Å². The predicted molar refractivity (Wildman–Crippen MR) is 90.4 cm³/mol. The molecular formula is C12H9BCl2S3. The Morgan fingerprint density at radius 3 is 1.89 bits per heavy atom. The summed E-state index contributed by atoms with van der Waals surface area (Å²) in [5.74, 6) is 0. The first-order chi connectivity index (χ1) is 8.54. The third kappa shape index (κ3) is 4.07. The van der Waals surface area contributed by atoms with Gasteiger partial charge in [-0.15, -0.1) is 0 Å². The van der Waals surface area contributed by atoms with Gasteiger partial charge in [-0.05, 0) is 30.3 Å². The lowest BCUT2D eigenvalue weighted by molar-refractivity contribution is 1.41. The second-order valence-corrected chi connectivity index (χ2v) is 7.11. The van der Waals surface area contributed by atoms with E-state index in [0.29, 0.717) is 10.0 Å². The van der Waals surface area contributed by atoms with Crippen LogP contribution in [0.2, 0.25) is 10.0 Å².